The minimum Gasteiger partial charge on any atom is -0.756 e. The van der Waals surface area contributed by atoms with Crippen LogP contribution in [0.25, 0.3) is 0 Å². The van der Waals surface area contributed by atoms with Gasteiger partial charge in [-0.2, -0.15) is 0 Å². The van der Waals surface area contributed by atoms with Crippen molar-refractivity contribution in [2.24, 2.45) is 0 Å². The summed E-state index contributed by atoms with van der Waals surface area (Å²) in [6, 6.07) is -0.883. The maximum absolute atomic E-state index is 13.0. The van der Waals surface area contributed by atoms with Gasteiger partial charge in [0.05, 0.1) is 39.9 Å². The van der Waals surface area contributed by atoms with E-state index in [9.17, 15) is 19.4 Å². The Kier molecular flexibility index (Phi) is 60.2. The largest absolute Gasteiger partial charge is 0.756 e. The Labute approximate surface area is 488 Å². The average molecular weight is 1120 g/mol. The number of carbonyl (C=O) groups excluding carboxylic acids is 1. The van der Waals surface area contributed by atoms with Gasteiger partial charge in [-0.1, -0.05) is 360 Å². The molecule has 0 heterocycles. The quantitative estimate of drug-likeness (QED) is 0.0272. The van der Waals surface area contributed by atoms with Crippen LogP contribution in [0.4, 0.5) is 0 Å². The number of phosphoric ester groups is 1. The van der Waals surface area contributed by atoms with Crippen molar-refractivity contribution < 1.29 is 32.9 Å². The third kappa shape index (κ3) is 62.8. The lowest BCUT2D eigenvalue weighted by Crippen LogP contribution is -2.45. The van der Waals surface area contributed by atoms with E-state index in [2.05, 4.69) is 19.2 Å². The monoisotopic (exact) mass is 1120 g/mol. The fourth-order valence-corrected chi connectivity index (χ4v) is 11.8. The number of amides is 1. The third-order valence-electron chi connectivity index (χ3n) is 16.5. The van der Waals surface area contributed by atoms with Gasteiger partial charge >= 0.3 is 0 Å². The first kappa shape index (κ1) is 77.2. The van der Waals surface area contributed by atoms with E-state index in [4.69, 9.17) is 9.05 Å². The number of likely N-dealkylation sites (N-methyl/N-ethyl adjacent to an activating group) is 1. The van der Waals surface area contributed by atoms with E-state index < -0.39 is 20.0 Å². The number of hydrogen-bond acceptors (Lipinski definition) is 6. The molecule has 8 nitrogen and oxygen atoms in total. The van der Waals surface area contributed by atoms with E-state index in [1.54, 1.807) is 6.08 Å². The number of unbranched alkanes of at least 4 members (excludes halogenated alkanes) is 53. The second-order valence-electron chi connectivity index (χ2n) is 25.6. The summed E-state index contributed by atoms with van der Waals surface area (Å²) in [5.41, 5.74) is 0. The Bertz CT molecular complexity index is 1280. The molecule has 466 valence electrons. The molecule has 0 aromatic rings. The molecule has 0 saturated heterocycles. The molecule has 2 N–H and O–H groups in total. The molecule has 0 spiro atoms. The predicted molar refractivity (Wildman–Crippen MR) is 339 cm³/mol. The zero-order valence-corrected chi connectivity index (χ0v) is 54.3. The lowest BCUT2D eigenvalue weighted by molar-refractivity contribution is -0.870. The zero-order chi connectivity index (χ0) is 57.0. The molecule has 9 heteroatoms. The molecule has 0 saturated carbocycles. The number of nitrogens with zero attached hydrogens (tertiary/aromatic N) is 1. The van der Waals surface area contributed by atoms with Crippen LogP contribution in [0.1, 0.15) is 373 Å². The Balaban J connectivity index is 3.92. The average Bonchev–Trinajstić information content (AvgIpc) is 3.41. The van der Waals surface area contributed by atoms with Crippen LogP contribution in [0.2, 0.25) is 0 Å². The lowest BCUT2D eigenvalue weighted by Gasteiger charge is -2.29. The third-order valence-corrected chi connectivity index (χ3v) is 17.5. The molecule has 1 amide bonds. The summed E-state index contributed by atoms with van der Waals surface area (Å²) in [7, 11) is 1.28. The van der Waals surface area contributed by atoms with Crippen molar-refractivity contribution in [3.63, 3.8) is 0 Å². The van der Waals surface area contributed by atoms with Crippen molar-refractivity contribution in [3.05, 3.63) is 12.2 Å². The summed E-state index contributed by atoms with van der Waals surface area (Å²) in [6.45, 7) is 4.72. The molecular weight excluding hydrogens is 984 g/mol. The summed E-state index contributed by atoms with van der Waals surface area (Å²) in [5, 5.41) is 13.9. The van der Waals surface area contributed by atoms with E-state index in [0.29, 0.717) is 17.4 Å². The Morgan fingerprint density at radius 3 is 0.962 bits per heavy atom. The van der Waals surface area contributed by atoms with Crippen molar-refractivity contribution in [1.82, 2.24) is 5.32 Å². The molecule has 0 aromatic carbocycles. The highest BCUT2D eigenvalue weighted by Crippen LogP contribution is 2.38. The molecule has 0 aromatic heterocycles. The number of aliphatic hydroxyl groups excluding tert-OH is 1. The maximum atomic E-state index is 13.0. The summed E-state index contributed by atoms with van der Waals surface area (Å²) in [4.78, 5) is 25.6. The molecule has 0 bridgehead atoms. The van der Waals surface area contributed by atoms with E-state index in [1.165, 1.54) is 315 Å². The van der Waals surface area contributed by atoms with Crippen LogP contribution in [0.5, 0.6) is 0 Å². The molecule has 0 aliphatic heterocycles. The molecule has 0 aliphatic carbocycles. The van der Waals surface area contributed by atoms with E-state index in [1.807, 2.05) is 27.2 Å². The molecule has 3 atom stereocenters. The number of carbonyl (C=O) groups is 1. The van der Waals surface area contributed by atoms with Gasteiger partial charge in [-0.3, -0.25) is 9.36 Å². The van der Waals surface area contributed by atoms with Crippen molar-refractivity contribution >= 4 is 13.7 Å². The van der Waals surface area contributed by atoms with Crippen LogP contribution in [0.15, 0.2) is 12.2 Å². The van der Waals surface area contributed by atoms with Crippen LogP contribution in [0, 0.1) is 0 Å². The van der Waals surface area contributed by atoms with Gasteiger partial charge in [0, 0.05) is 6.42 Å². The van der Waals surface area contributed by atoms with Crippen molar-refractivity contribution in [1.29, 1.82) is 0 Å². The summed E-state index contributed by atoms with van der Waals surface area (Å²) in [6.07, 6.45) is 77.8. The highest BCUT2D eigenvalue weighted by Gasteiger charge is 2.23. The first-order chi connectivity index (χ1) is 38.0. The number of aliphatic hydroxyl groups is 1. The Hall–Kier alpha value is -0.760. The highest BCUT2D eigenvalue weighted by molar-refractivity contribution is 7.45. The first-order valence-electron chi connectivity index (χ1n) is 35.1. The van der Waals surface area contributed by atoms with Crippen LogP contribution >= 0.6 is 7.82 Å². The summed E-state index contributed by atoms with van der Waals surface area (Å²) in [5.74, 6) is -0.188. The van der Waals surface area contributed by atoms with E-state index >= 15 is 0 Å². The van der Waals surface area contributed by atoms with Gasteiger partial charge in [-0.25, -0.2) is 0 Å². The maximum Gasteiger partial charge on any atom is 0.268 e. The van der Waals surface area contributed by atoms with Gasteiger partial charge < -0.3 is 28.8 Å². The number of allylic oxidation sites excluding steroid dienone is 1. The standard InChI is InChI=1S/C69H139N2O6P/c1-6-8-10-12-14-16-18-20-22-24-26-27-28-29-30-31-32-33-34-35-36-37-38-39-40-41-42-43-45-47-49-51-53-55-57-59-61-63-69(73)70-67(66-77-78(74,75)76-65-64-71(3,4)5)68(72)62-60-58-56-54-52-50-48-46-44-25-23-21-19-17-15-13-11-9-7-2/h60,62,67-68,72H,6-59,61,63-66H2,1-5H3,(H-,70,73,74,75)/b62-60+. The number of quaternary nitrogens is 1. The van der Waals surface area contributed by atoms with Crippen LogP contribution in [-0.4, -0.2) is 68.5 Å². The predicted octanol–water partition coefficient (Wildman–Crippen LogP) is 21.5. The van der Waals surface area contributed by atoms with Gasteiger partial charge in [-0.15, -0.1) is 0 Å². The zero-order valence-electron chi connectivity index (χ0n) is 53.4. The normalized spacial score (nSPS) is 13.7. The van der Waals surface area contributed by atoms with Crippen molar-refractivity contribution in [3.8, 4) is 0 Å². The SMILES string of the molecule is CCCCCCCCCCCCCCCCCCC/C=C/C(O)C(COP(=O)([O-])OCC[N+](C)(C)C)NC(=O)CCCCCCCCCCCCCCCCCCCCCCCCCCCCCCCCCCCCCCC. The Morgan fingerprint density at radius 2 is 0.692 bits per heavy atom. The Morgan fingerprint density at radius 1 is 0.436 bits per heavy atom. The summed E-state index contributed by atoms with van der Waals surface area (Å²) < 4.78 is 23.4. The van der Waals surface area contributed by atoms with E-state index in [-0.39, 0.29) is 19.1 Å². The lowest BCUT2D eigenvalue weighted by atomic mass is 10.0. The summed E-state index contributed by atoms with van der Waals surface area (Å²) >= 11 is 0. The molecule has 0 radical (unpaired) electrons. The fraction of sp³-hybridized carbons (Fsp3) is 0.957. The highest BCUT2D eigenvalue weighted by atomic mass is 31.2. The van der Waals surface area contributed by atoms with Crippen molar-refractivity contribution in [2.45, 2.75) is 386 Å². The number of phosphoric acid groups is 1. The molecular formula is C69H139N2O6P. The number of hydrogen-bond donors (Lipinski definition) is 2. The van der Waals surface area contributed by atoms with Crippen LogP contribution in [0.3, 0.4) is 0 Å². The topological polar surface area (TPSA) is 108 Å². The smallest absolute Gasteiger partial charge is 0.268 e. The van der Waals surface area contributed by atoms with Gasteiger partial charge in [0.25, 0.3) is 7.82 Å². The van der Waals surface area contributed by atoms with E-state index in [0.717, 1.165) is 38.5 Å². The number of rotatable bonds is 66. The molecule has 0 fully saturated rings. The second kappa shape index (κ2) is 60.8. The van der Waals surface area contributed by atoms with Gasteiger partial charge in [0.2, 0.25) is 5.91 Å². The van der Waals surface area contributed by atoms with Crippen LogP contribution < -0.4 is 10.2 Å². The number of nitrogens with one attached hydrogen (secondary N) is 1. The molecule has 0 rings (SSSR count). The molecule has 3 unspecified atom stereocenters. The molecule has 78 heavy (non-hydrogen) atoms. The van der Waals surface area contributed by atoms with Gasteiger partial charge in [0.1, 0.15) is 13.2 Å². The molecule has 0 aliphatic rings. The van der Waals surface area contributed by atoms with Crippen LogP contribution in [-0.2, 0) is 18.4 Å². The first-order valence-corrected chi connectivity index (χ1v) is 36.5. The van der Waals surface area contributed by atoms with Gasteiger partial charge in [0.15, 0.2) is 0 Å². The van der Waals surface area contributed by atoms with Crippen molar-refractivity contribution in [2.75, 3.05) is 40.9 Å². The minimum atomic E-state index is -4.60. The van der Waals surface area contributed by atoms with Gasteiger partial charge in [-0.05, 0) is 19.3 Å². The second-order valence-corrected chi connectivity index (χ2v) is 27.0. The fourth-order valence-electron chi connectivity index (χ4n) is 11.0. The minimum absolute atomic E-state index is 0.00287.